The van der Waals surface area contributed by atoms with E-state index in [1.54, 1.807) is 19.3 Å². The molecular weight excluding hydrogens is 152 g/mol. The van der Waals surface area contributed by atoms with Crippen LogP contribution in [0.15, 0.2) is 24.5 Å². The van der Waals surface area contributed by atoms with Crippen LogP contribution in [0.1, 0.15) is 12.5 Å². The number of hydrogen-bond acceptors (Lipinski definition) is 3. The minimum atomic E-state index is -0.460. The summed E-state index contributed by atoms with van der Waals surface area (Å²) in [5.74, 6) is 0. The summed E-state index contributed by atoms with van der Waals surface area (Å²) < 4.78 is 0. The minimum absolute atomic E-state index is 0.188. The molecule has 3 N–H and O–H groups in total. The molecule has 0 saturated carbocycles. The van der Waals surface area contributed by atoms with Gasteiger partial charge in [-0.2, -0.15) is 0 Å². The van der Waals surface area contributed by atoms with Gasteiger partial charge in [0.05, 0.1) is 6.10 Å². The molecule has 3 nitrogen and oxygen atoms in total. The van der Waals surface area contributed by atoms with Crippen LogP contribution in [0.5, 0.6) is 0 Å². The monoisotopic (exact) mass is 166 g/mol. The highest BCUT2D eigenvalue weighted by atomic mass is 16.3. The maximum absolute atomic E-state index is 9.14. The van der Waals surface area contributed by atoms with E-state index in [1.165, 1.54) is 0 Å². The molecule has 12 heavy (non-hydrogen) atoms. The van der Waals surface area contributed by atoms with Crippen LogP contribution in [0.25, 0.3) is 0 Å². The van der Waals surface area contributed by atoms with Crippen LogP contribution in [0.2, 0.25) is 0 Å². The summed E-state index contributed by atoms with van der Waals surface area (Å²) in [7, 11) is 0. The molecule has 0 unspecified atom stereocenters. The highest BCUT2D eigenvalue weighted by Crippen LogP contribution is 2.02. The van der Waals surface area contributed by atoms with Crippen LogP contribution in [0.3, 0.4) is 0 Å². The lowest BCUT2D eigenvalue weighted by atomic mass is 10.0. The third kappa shape index (κ3) is 2.60. The van der Waals surface area contributed by atoms with Crippen molar-refractivity contribution in [2.75, 3.05) is 0 Å². The Morgan fingerprint density at radius 2 is 2.08 bits per heavy atom. The van der Waals surface area contributed by atoms with Crippen molar-refractivity contribution >= 4 is 0 Å². The van der Waals surface area contributed by atoms with E-state index < -0.39 is 6.10 Å². The molecule has 0 aliphatic carbocycles. The van der Waals surface area contributed by atoms with Gasteiger partial charge in [-0.1, -0.05) is 0 Å². The summed E-state index contributed by atoms with van der Waals surface area (Å²) in [6.07, 6.45) is 3.69. The average Bonchev–Trinajstić information content (AvgIpc) is 2.06. The molecule has 1 aromatic rings. The van der Waals surface area contributed by atoms with Gasteiger partial charge in [-0.3, -0.25) is 4.98 Å². The fourth-order valence-electron chi connectivity index (χ4n) is 0.962. The van der Waals surface area contributed by atoms with E-state index in [0.717, 1.165) is 5.56 Å². The average molecular weight is 166 g/mol. The Labute approximate surface area is 72.2 Å². The van der Waals surface area contributed by atoms with Crippen molar-refractivity contribution in [3.05, 3.63) is 30.1 Å². The molecule has 0 spiro atoms. The molecule has 0 aliphatic rings. The summed E-state index contributed by atoms with van der Waals surface area (Å²) in [4.78, 5) is 3.89. The van der Waals surface area contributed by atoms with E-state index in [1.807, 2.05) is 12.1 Å². The number of pyridine rings is 1. The number of aromatic nitrogens is 1. The van der Waals surface area contributed by atoms with Crippen molar-refractivity contribution in [2.45, 2.75) is 25.5 Å². The molecule has 1 aromatic heterocycles. The van der Waals surface area contributed by atoms with Crippen LogP contribution in [0.4, 0.5) is 0 Å². The quantitative estimate of drug-likeness (QED) is 0.680. The number of rotatable bonds is 3. The lowest BCUT2D eigenvalue weighted by Crippen LogP contribution is -2.34. The summed E-state index contributed by atoms with van der Waals surface area (Å²) >= 11 is 0. The zero-order valence-corrected chi connectivity index (χ0v) is 7.14. The number of aliphatic hydroxyl groups excluding tert-OH is 1. The molecule has 3 heteroatoms. The van der Waals surface area contributed by atoms with Gasteiger partial charge < -0.3 is 10.8 Å². The first kappa shape index (κ1) is 9.16. The Morgan fingerprint density at radius 3 is 2.58 bits per heavy atom. The number of nitrogens with zero attached hydrogens (tertiary/aromatic N) is 1. The van der Waals surface area contributed by atoms with Gasteiger partial charge in [0.2, 0.25) is 0 Å². The van der Waals surface area contributed by atoms with E-state index in [9.17, 15) is 0 Å². The van der Waals surface area contributed by atoms with Crippen molar-refractivity contribution in [2.24, 2.45) is 5.73 Å². The second-order valence-corrected chi connectivity index (χ2v) is 2.96. The van der Waals surface area contributed by atoms with Crippen LogP contribution in [-0.2, 0) is 6.42 Å². The maximum Gasteiger partial charge on any atom is 0.0666 e. The summed E-state index contributed by atoms with van der Waals surface area (Å²) in [6.45, 7) is 1.70. The number of hydrogen-bond donors (Lipinski definition) is 2. The van der Waals surface area contributed by atoms with Crippen LogP contribution >= 0.6 is 0 Å². The Bertz CT molecular complexity index is 223. The number of nitrogens with two attached hydrogens (primary N) is 1. The minimum Gasteiger partial charge on any atom is -0.392 e. The molecule has 0 fully saturated rings. The molecule has 0 bridgehead atoms. The van der Waals surface area contributed by atoms with Gasteiger partial charge in [0, 0.05) is 18.4 Å². The zero-order valence-electron chi connectivity index (χ0n) is 7.14. The van der Waals surface area contributed by atoms with E-state index in [0.29, 0.717) is 6.42 Å². The van der Waals surface area contributed by atoms with Gasteiger partial charge in [-0.25, -0.2) is 0 Å². The fourth-order valence-corrected chi connectivity index (χ4v) is 0.962. The van der Waals surface area contributed by atoms with Crippen LogP contribution in [0, 0.1) is 0 Å². The summed E-state index contributed by atoms with van der Waals surface area (Å²) in [5, 5.41) is 9.14. The first-order valence-electron chi connectivity index (χ1n) is 4.02. The molecule has 1 heterocycles. The van der Waals surface area contributed by atoms with Gasteiger partial charge in [0.1, 0.15) is 0 Å². The van der Waals surface area contributed by atoms with E-state index >= 15 is 0 Å². The van der Waals surface area contributed by atoms with Gasteiger partial charge in [-0.15, -0.1) is 0 Å². The van der Waals surface area contributed by atoms with Crippen LogP contribution < -0.4 is 5.73 Å². The lowest BCUT2D eigenvalue weighted by molar-refractivity contribution is 0.163. The molecule has 1 rings (SSSR count). The van der Waals surface area contributed by atoms with Gasteiger partial charge >= 0.3 is 0 Å². The topological polar surface area (TPSA) is 59.1 Å². The number of aliphatic hydroxyl groups is 1. The smallest absolute Gasteiger partial charge is 0.0666 e. The predicted molar refractivity (Wildman–Crippen MR) is 47.6 cm³/mol. The van der Waals surface area contributed by atoms with Gasteiger partial charge in [-0.05, 0) is 31.0 Å². The zero-order chi connectivity index (χ0) is 8.97. The molecule has 0 aromatic carbocycles. The molecule has 0 radical (unpaired) electrons. The van der Waals surface area contributed by atoms with Gasteiger partial charge in [0.15, 0.2) is 0 Å². The van der Waals surface area contributed by atoms with Crippen molar-refractivity contribution < 1.29 is 5.11 Å². The first-order chi connectivity index (χ1) is 5.70. The van der Waals surface area contributed by atoms with Crippen molar-refractivity contribution in [3.8, 4) is 0 Å². The second kappa shape index (κ2) is 4.18. The fraction of sp³-hybridized carbons (Fsp3) is 0.444. The Hall–Kier alpha value is -0.930. The normalized spacial score (nSPS) is 15.6. The highest BCUT2D eigenvalue weighted by Gasteiger charge is 2.08. The highest BCUT2D eigenvalue weighted by molar-refractivity contribution is 5.11. The van der Waals surface area contributed by atoms with Crippen molar-refractivity contribution in [1.82, 2.24) is 4.98 Å². The molecule has 2 atom stereocenters. The molecule has 0 amide bonds. The summed E-state index contributed by atoms with van der Waals surface area (Å²) in [6, 6.07) is 3.62. The Kier molecular flexibility index (Phi) is 3.19. The predicted octanol–water partition coefficient (Wildman–Crippen LogP) is 0.332. The van der Waals surface area contributed by atoms with E-state index in [4.69, 9.17) is 10.8 Å². The van der Waals surface area contributed by atoms with Gasteiger partial charge in [0.25, 0.3) is 0 Å². The molecule has 66 valence electrons. The summed E-state index contributed by atoms with van der Waals surface area (Å²) in [5.41, 5.74) is 6.79. The molecular formula is C9H14N2O. The van der Waals surface area contributed by atoms with Crippen molar-refractivity contribution in [1.29, 1.82) is 0 Å². The van der Waals surface area contributed by atoms with Crippen molar-refractivity contribution in [3.63, 3.8) is 0 Å². The first-order valence-corrected chi connectivity index (χ1v) is 4.02. The Balaban J connectivity index is 2.53. The van der Waals surface area contributed by atoms with Crippen LogP contribution in [-0.4, -0.2) is 22.2 Å². The molecule has 0 aliphatic heterocycles. The Morgan fingerprint density at radius 1 is 1.50 bits per heavy atom. The maximum atomic E-state index is 9.14. The second-order valence-electron chi connectivity index (χ2n) is 2.96. The lowest BCUT2D eigenvalue weighted by Gasteiger charge is -2.13. The SMILES string of the molecule is C[C@H](O)[C@@H](N)Cc1ccncc1. The van der Waals surface area contributed by atoms with E-state index in [2.05, 4.69) is 4.98 Å². The van der Waals surface area contributed by atoms with E-state index in [-0.39, 0.29) is 6.04 Å². The molecule has 0 saturated heterocycles. The third-order valence-corrected chi connectivity index (χ3v) is 1.84. The third-order valence-electron chi connectivity index (χ3n) is 1.84. The largest absolute Gasteiger partial charge is 0.392 e. The standard InChI is InChI=1S/C9H14N2O/c1-7(12)9(10)6-8-2-4-11-5-3-8/h2-5,7,9,12H,6,10H2,1H3/t7-,9-/m0/s1.